The summed E-state index contributed by atoms with van der Waals surface area (Å²) in [5, 5.41) is 0. The fourth-order valence-corrected chi connectivity index (χ4v) is 7.44. The Balaban J connectivity index is 1.07. The van der Waals surface area contributed by atoms with Crippen LogP contribution in [0.4, 0.5) is 5.69 Å². The molecule has 2 fully saturated rings. The molecule has 49 heavy (non-hydrogen) atoms. The van der Waals surface area contributed by atoms with Gasteiger partial charge in [0.05, 0.1) is 31.5 Å². The van der Waals surface area contributed by atoms with E-state index in [-0.39, 0.29) is 23.4 Å². The first-order chi connectivity index (χ1) is 23.4. The van der Waals surface area contributed by atoms with E-state index < -0.39 is 5.60 Å². The van der Waals surface area contributed by atoms with Crippen molar-refractivity contribution in [2.24, 2.45) is 4.99 Å². The molecular formula is C39H48N4O6. The SMILES string of the molecule is COc1ccc(Oc2ccc(C(=O)N3CCN(C(C)(C)CC(C)(C)Oc4cc5c(cc4OC)C(=O)N4CCCC4C=N5)CC3)cc2C)cc1. The molecule has 0 N–H and O–H groups in total. The molecule has 3 aromatic carbocycles. The third-order valence-electron chi connectivity index (χ3n) is 9.83. The molecule has 1 atom stereocenters. The monoisotopic (exact) mass is 668 g/mol. The van der Waals surface area contributed by atoms with Gasteiger partial charge in [-0.05, 0) is 102 Å². The van der Waals surface area contributed by atoms with Crippen LogP contribution in [0, 0.1) is 6.92 Å². The van der Waals surface area contributed by atoms with Gasteiger partial charge in [-0.15, -0.1) is 0 Å². The van der Waals surface area contributed by atoms with E-state index in [9.17, 15) is 9.59 Å². The van der Waals surface area contributed by atoms with Gasteiger partial charge in [0.15, 0.2) is 11.5 Å². The first-order valence-corrected chi connectivity index (χ1v) is 17.1. The van der Waals surface area contributed by atoms with Crippen molar-refractivity contribution >= 4 is 23.7 Å². The number of hydrogen-bond donors (Lipinski definition) is 0. The van der Waals surface area contributed by atoms with Crippen LogP contribution in [0.15, 0.2) is 59.6 Å². The maximum atomic E-state index is 13.5. The van der Waals surface area contributed by atoms with E-state index in [1.54, 1.807) is 20.3 Å². The second-order valence-electron chi connectivity index (χ2n) is 14.4. The van der Waals surface area contributed by atoms with Crippen LogP contribution < -0.4 is 18.9 Å². The maximum absolute atomic E-state index is 13.5. The molecule has 0 radical (unpaired) electrons. The first kappa shape index (κ1) is 34.3. The minimum Gasteiger partial charge on any atom is -0.497 e. The third-order valence-corrected chi connectivity index (χ3v) is 9.83. The molecule has 3 aliphatic heterocycles. The number of rotatable bonds is 10. The number of ether oxygens (including phenoxy) is 4. The third kappa shape index (κ3) is 7.39. The average molecular weight is 669 g/mol. The van der Waals surface area contributed by atoms with Crippen LogP contribution in [0.3, 0.4) is 0 Å². The van der Waals surface area contributed by atoms with Crippen LogP contribution >= 0.6 is 0 Å². The fourth-order valence-electron chi connectivity index (χ4n) is 7.44. The quantitative estimate of drug-likeness (QED) is 0.232. The predicted molar refractivity (Wildman–Crippen MR) is 190 cm³/mol. The van der Waals surface area contributed by atoms with Crippen molar-refractivity contribution in [3.05, 3.63) is 71.3 Å². The molecule has 3 aromatic rings. The van der Waals surface area contributed by atoms with Crippen molar-refractivity contribution in [2.45, 2.75) is 71.1 Å². The molecule has 1 unspecified atom stereocenters. The van der Waals surface area contributed by atoms with Crippen molar-refractivity contribution in [3.8, 4) is 28.7 Å². The summed E-state index contributed by atoms with van der Waals surface area (Å²) in [6, 6.07) is 16.7. The Morgan fingerprint density at radius 2 is 1.57 bits per heavy atom. The second kappa shape index (κ2) is 13.7. The highest BCUT2D eigenvalue weighted by Crippen LogP contribution is 2.41. The summed E-state index contributed by atoms with van der Waals surface area (Å²) in [6.07, 6.45) is 4.53. The number of fused-ring (bicyclic) bond motifs is 2. The number of piperazine rings is 1. The number of aliphatic imine (C=N–C) groups is 1. The van der Waals surface area contributed by atoms with E-state index in [4.69, 9.17) is 23.9 Å². The Bertz CT molecular complexity index is 1730. The molecule has 3 heterocycles. The predicted octanol–water partition coefficient (Wildman–Crippen LogP) is 6.91. The zero-order chi connectivity index (χ0) is 34.9. The molecule has 260 valence electrons. The van der Waals surface area contributed by atoms with Crippen molar-refractivity contribution in [1.82, 2.24) is 14.7 Å². The van der Waals surface area contributed by atoms with Crippen molar-refractivity contribution in [3.63, 3.8) is 0 Å². The van der Waals surface area contributed by atoms with Crippen molar-refractivity contribution in [2.75, 3.05) is 46.9 Å². The first-order valence-electron chi connectivity index (χ1n) is 17.1. The molecule has 2 amide bonds. The van der Waals surface area contributed by atoms with E-state index in [1.807, 2.05) is 71.5 Å². The summed E-state index contributed by atoms with van der Waals surface area (Å²) in [6.45, 7) is 14.1. The lowest BCUT2D eigenvalue weighted by Crippen LogP contribution is -2.57. The Labute approximate surface area is 289 Å². The second-order valence-corrected chi connectivity index (χ2v) is 14.4. The number of carbonyl (C=O) groups excluding carboxylic acids is 2. The normalized spacial score (nSPS) is 18.1. The maximum Gasteiger partial charge on any atom is 0.256 e. The van der Waals surface area contributed by atoms with E-state index >= 15 is 0 Å². The molecule has 0 aliphatic carbocycles. The number of benzene rings is 3. The van der Waals surface area contributed by atoms with Crippen molar-refractivity contribution < 1.29 is 28.5 Å². The summed E-state index contributed by atoms with van der Waals surface area (Å²) in [7, 11) is 3.23. The molecule has 10 heteroatoms. The number of aryl methyl sites for hydroxylation is 1. The van der Waals surface area contributed by atoms with Gasteiger partial charge in [-0.3, -0.25) is 19.5 Å². The molecule has 10 nitrogen and oxygen atoms in total. The molecule has 3 aliphatic rings. The largest absolute Gasteiger partial charge is 0.497 e. The number of amides is 2. The lowest BCUT2D eigenvalue weighted by atomic mass is 9.87. The highest BCUT2D eigenvalue weighted by molar-refractivity contribution is 6.03. The number of methoxy groups -OCH3 is 2. The van der Waals surface area contributed by atoms with Crippen LogP contribution in [-0.2, 0) is 0 Å². The topological polar surface area (TPSA) is 93.1 Å². The minimum atomic E-state index is -0.566. The van der Waals surface area contributed by atoms with Gasteiger partial charge in [0.1, 0.15) is 22.8 Å². The van der Waals surface area contributed by atoms with Gasteiger partial charge in [0.2, 0.25) is 0 Å². The van der Waals surface area contributed by atoms with Crippen LogP contribution in [-0.4, -0.2) is 96.9 Å². The smallest absolute Gasteiger partial charge is 0.256 e. The Kier molecular flexibility index (Phi) is 9.62. The zero-order valence-corrected chi connectivity index (χ0v) is 29.7. The van der Waals surface area contributed by atoms with Crippen LogP contribution in [0.5, 0.6) is 28.7 Å². The van der Waals surface area contributed by atoms with E-state index in [0.29, 0.717) is 52.9 Å². The van der Waals surface area contributed by atoms with Gasteiger partial charge in [0, 0.05) is 62.5 Å². The Morgan fingerprint density at radius 1 is 0.857 bits per heavy atom. The molecule has 0 saturated carbocycles. The van der Waals surface area contributed by atoms with E-state index in [1.165, 1.54) is 0 Å². The van der Waals surface area contributed by atoms with Gasteiger partial charge < -0.3 is 28.7 Å². The molecule has 0 aromatic heterocycles. The molecule has 0 spiro atoms. The fraction of sp³-hybridized carbons (Fsp3) is 0.462. The molecule has 0 bridgehead atoms. The van der Waals surface area contributed by atoms with Gasteiger partial charge in [-0.2, -0.15) is 0 Å². The molecule has 2 saturated heterocycles. The highest BCUT2D eigenvalue weighted by Gasteiger charge is 2.38. The van der Waals surface area contributed by atoms with Gasteiger partial charge in [-0.25, -0.2) is 0 Å². The van der Waals surface area contributed by atoms with Crippen LogP contribution in [0.1, 0.15) is 73.2 Å². The average Bonchev–Trinajstić information content (AvgIpc) is 3.51. The summed E-state index contributed by atoms with van der Waals surface area (Å²) in [4.78, 5) is 37.8. The van der Waals surface area contributed by atoms with Crippen LogP contribution in [0.25, 0.3) is 0 Å². The van der Waals surface area contributed by atoms with Gasteiger partial charge in [-0.1, -0.05) is 0 Å². The summed E-state index contributed by atoms with van der Waals surface area (Å²) < 4.78 is 23.6. The number of nitrogens with zero attached hydrogens (tertiary/aromatic N) is 4. The Morgan fingerprint density at radius 3 is 2.24 bits per heavy atom. The van der Waals surface area contributed by atoms with Crippen molar-refractivity contribution in [1.29, 1.82) is 0 Å². The standard InChI is InChI=1S/C39H48N4O6/c1-26-21-27(10-15-33(26)48-30-13-11-29(46-6)12-14-30)36(44)41-17-19-42(20-18-41)38(2,3)25-39(4,5)49-35-23-32-31(22-34(35)47-7)37(45)43-16-8-9-28(43)24-40-32/h10-15,21-24,28H,8-9,16-20,25H2,1-7H3. The van der Waals surface area contributed by atoms with E-state index in [2.05, 4.69) is 32.6 Å². The van der Waals surface area contributed by atoms with E-state index in [0.717, 1.165) is 50.2 Å². The zero-order valence-electron chi connectivity index (χ0n) is 29.7. The highest BCUT2D eigenvalue weighted by atomic mass is 16.5. The molecular weight excluding hydrogens is 620 g/mol. The molecule has 6 rings (SSSR count). The number of hydrogen-bond acceptors (Lipinski definition) is 8. The minimum absolute atomic E-state index is 0.0104. The lowest BCUT2D eigenvalue weighted by molar-refractivity contribution is -0.00471. The summed E-state index contributed by atoms with van der Waals surface area (Å²) >= 11 is 0. The van der Waals surface area contributed by atoms with Gasteiger partial charge >= 0.3 is 0 Å². The summed E-state index contributed by atoms with van der Waals surface area (Å²) in [5.41, 5.74) is 1.93. The summed E-state index contributed by atoms with van der Waals surface area (Å²) in [5.74, 6) is 3.29. The lowest BCUT2D eigenvalue weighted by Gasteiger charge is -2.47. The van der Waals surface area contributed by atoms with Gasteiger partial charge in [0.25, 0.3) is 11.8 Å². The Hall–Kier alpha value is -4.57. The number of carbonyl (C=O) groups is 2. The van der Waals surface area contributed by atoms with Crippen LogP contribution in [0.2, 0.25) is 0 Å².